The highest BCUT2D eigenvalue weighted by atomic mass is 16.5. The lowest BCUT2D eigenvalue weighted by molar-refractivity contribution is 0.0929. The van der Waals surface area contributed by atoms with E-state index >= 15 is 0 Å². The van der Waals surface area contributed by atoms with Gasteiger partial charge in [0.05, 0.1) is 23.9 Å². The standard InChI is InChI=1S/C22H24N2O3/c1-14-8-20-21(9-15(14)2)24(13-23-20)11-17(25)12-27-18-6-7-19-16(10-18)4-3-5-22(19)26/h6-10,13,17,25H,3-5,11-12H2,1-2H3. The van der Waals surface area contributed by atoms with Crippen LogP contribution in [0.2, 0.25) is 0 Å². The first-order valence-electron chi connectivity index (χ1n) is 9.40. The number of hydrogen-bond donors (Lipinski definition) is 1. The molecule has 1 atom stereocenters. The van der Waals surface area contributed by atoms with Gasteiger partial charge in [0.1, 0.15) is 18.5 Å². The lowest BCUT2D eigenvalue weighted by Crippen LogP contribution is -2.23. The molecular formula is C22H24N2O3. The van der Waals surface area contributed by atoms with Crippen LogP contribution in [-0.4, -0.2) is 33.2 Å². The third-order valence-corrected chi connectivity index (χ3v) is 5.31. The zero-order chi connectivity index (χ0) is 19.0. The molecule has 5 heteroatoms. The van der Waals surface area contributed by atoms with Gasteiger partial charge in [0.15, 0.2) is 5.78 Å². The van der Waals surface area contributed by atoms with E-state index in [1.54, 1.807) is 6.33 Å². The predicted molar refractivity (Wildman–Crippen MR) is 104 cm³/mol. The van der Waals surface area contributed by atoms with Crippen LogP contribution in [0.5, 0.6) is 5.75 Å². The molecule has 1 aromatic heterocycles. The van der Waals surface area contributed by atoms with Crippen LogP contribution in [0.3, 0.4) is 0 Å². The first kappa shape index (κ1) is 17.7. The third kappa shape index (κ3) is 3.60. The molecule has 27 heavy (non-hydrogen) atoms. The summed E-state index contributed by atoms with van der Waals surface area (Å²) in [7, 11) is 0. The average Bonchev–Trinajstić information content (AvgIpc) is 3.02. The summed E-state index contributed by atoms with van der Waals surface area (Å²) in [5.74, 6) is 0.907. The fraction of sp³-hybridized carbons (Fsp3) is 0.364. The second kappa shape index (κ2) is 7.16. The van der Waals surface area contributed by atoms with Crippen LogP contribution in [0.25, 0.3) is 11.0 Å². The van der Waals surface area contributed by atoms with Gasteiger partial charge in [-0.1, -0.05) is 0 Å². The Balaban J connectivity index is 1.42. The maximum Gasteiger partial charge on any atom is 0.163 e. The molecule has 5 nitrogen and oxygen atoms in total. The molecule has 0 fully saturated rings. The maximum absolute atomic E-state index is 11.9. The van der Waals surface area contributed by atoms with Gasteiger partial charge in [0.25, 0.3) is 0 Å². The normalized spacial score (nSPS) is 15.0. The summed E-state index contributed by atoms with van der Waals surface area (Å²) in [5.41, 5.74) is 6.23. The van der Waals surface area contributed by atoms with Crippen LogP contribution in [0, 0.1) is 13.8 Å². The Morgan fingerprint density at radius 3 is 2.85 bits per heavy atom. The smallest absolute Gasteiger partial charge is 0.163 e. The largest absolute Gasteiger partial charge is 0.491 e. The summed E-state index contributed by atoms with van der Waals surface area (Å²) in [6.07, 6.45) is 3.54. The zero-order valence-corrected chi connectivity index (χ0v) is 15.7. The molecule has 0 saturated heterocycles. The Bertz CT molecular complexity index is 1010. The first-order valence-corrected chi connectivity index (χ1v) is 9.40. The van der Waals surface area contributed by atoms with Crippen LogP contribution in [0.1, 0.15) is 39.9 Å². The van der Waals surface area contributed by atoms with E-state index in [9.17, 15) is 9.90 Å². The number of Topliss-reactive ketones (excluding diaryl/α,β-unsaturated/α-hetero) is 1. The van der Waals surface area contributed by atoms with Gasteiger partial charge in [-0.25, -0.2) is 4.98 Å². The number of carbonyl (C=O) groups is 1. The average molecular weight is 364 g/mol. The molecule has 1 aliphatic rings. The van der Waals surface area contributed by atoms with Gasteiger partial charge in [-0.2, -0.15) is 0 Å². The molecule has 1 heterocycles. The summed E-state index contributed by atoms with van der Waals surface area (Å²) >= 11 is 0. The molecule has 4 rings (SSSR count). The van der Waals surface area contributed by atoms with Crippen LogP contribution in [-0.2, 0) is 13.0 Å². The number of aliphatic hydroxyl groups excluding tert-OH is 1. The minimum atomic E-state index is -0.651. The van der Waals surface area contributed by atoms with E-state index in [0.717, 1.165) is 35.0 Å². The Kier molecular flexibility index (Phi) is 4.70. The van der Waals surface area contributed by atoms with Crippen molar-refractivity contribution in [3.05, 3.63) is 58.9 Å². The monoisotopic (exact) mass is 364 g/mol. The van der Waals surface area contributed by atoms with Gasteiger partial charge in [0.2, 0.25) is 0 Å². The number of nitrogens with zero attached hydrogens (tertiary/aromatic N) is 2. The number of imidazole rings is 1. The minimum Gasteiger partial charge on any atom is -0.491 e. The van der Waals surface area contributed by atoms with Gasteiger partial charge in [0, 0.05) is 12.0 Å². The molecule has 0 radical (unpaired) electrons. The second-order valence-corrected chi connectivity index (χ2v) is 7.38. The molecule has 0 spiro atoms. The molecule has 0 saturated carbocycles. The fourth-order valence-corrected chi connectivity index (χ4v) is 3.64. The molecule has 3 aromatic rings. The van der Waals surface area contributed by atoms with Crippen molar-refractivity contribution in [3.63, 3.8) is 0 Å². The molecule has 1 N–H and O–H groups in total. The van der Waals surface area contributed by atoms with Crippen molar-refractivity contribution in [1.82, 2.24) is 9.55 Å². The van der Waals surface area contributed by atoms with Gasteiger partial charge < -0.3 is 14.4 Å². The molecule has 0 aliphatic heterocycles. The highest BCUT2D eigenvalue weighted by Gasteiger charge is 2.18. The first-order chi connectivity index (χ1) is 13.0. The SMILES string of the molecule is Cc1cc2ncn(CC(O)COc3ccc4c(c3)CCCC4=O)c2cc1C. The Morgan fingerprint density at radius 1 is 1.19 bits per heavy atom. The second-order valence-electron chi connectivity index (χ2n) is 7.38. The molecule has 0 amide bonds. The quantitative estimate of drug-likeness (QED) is 0.751. The summed E-state index contributed by atoms with van der Waals surface area (Å²) in [4.78, 5) is 16.3. The van der Waals surface area contributed by atoms with E-state index in [0.29, 0.717) is 18.7 Å². The van der Waals surface area contributed by atoms with Gasteiger partial charge >= 0.3 is 0 Å². The Hall–Kier alpha value is -2.66. The van der Waals surface area contributed by atoms with Crippen molar-refractivity contribution >= 4 is 16.8 Å². The number of aromatic nitrogens is 2. The minimum absolute atomic E-state index is 0.192. The van der Waals surface area contributed by atoms with E-state index in [1.807, 2.05) is 22.8 Å². The number of ether oxygens (including phenoxy) is 1. The molecule has 1 unspecified atom stereocenters. The highest BCUT2D eigenvalue weighted by molar-refractivity contribution is 5.98. The van der Waals surface area contributed by atoms with Crippen molar-refractivity contribution in [2.24, 2.45) is 0 Å². The number of ketones is 1. The van der Waals surface area contributed by atoms with E-state index in [2.05, 4.69) is 31.0 Å². The Morgan fingerprint density at radius 2 is 2.00 bits per heavy atom. The molecule has 2 aromatic carbocycles. The molecule has 1 aliphatic carbocycles. The van der Waals surface area contributed by atoms with E-state index in [-0.39, 0.29) is 12.4 Å². The van der Waals surface area contributed by atoms with E-state index < -0.39 is 6.10 Å². The van der Waals surface area contributed by atoms with Crippen molar-refractivity contribution < 1.29 is 14.6 Å². The predicted octanol–water partition coefficient (Wildman–Crippen LogP) is 3.61. The van der Waals surface area contributed by atoms with Crippen LogP contribution >= 0.6 is 0 Å². The summed E-state index contributed by atoms with van der Waals surface area (Å²) in [6.45, 7) is 4.76. The number of aliphatic hydroxyl groups is 1. The Labute approximate surface area is 158 Å². The number of benzene rings is 2. The molecular weight excluding hydrogens is 340 g/mol. The number of rotatable bonds is 5. The number of carbonyl (C=O) groups excluding carboxylic acids is 1. The zero-order valence-electron chi connectivity index (χ0n) is 15.7. The van der Waals surface area contributed by atoms with Crippen molar-refractivity contribution in [2.75, 3.05) is 6.61 Å². The number of fused-ring (bicyclic) bond motifs is 2. The lowest BCUT2D eigenvalue weighted by atomic mass is 9.90. The van der Waals surface area contributed by atoms with Gasteiger partial charge in [-0.05, 0) is 73.7 Å². The highest BCUT2D eigenvalue weighted by Crippen LogP contribution is 2.25. The van der Waals surface area contributed by atoms with Crippen LogP contribution in [0.15, 0.2) is 36.7 Å². The topological polar surface area (TPSA) is 64.3 Å². The van der Waals surface area contributed by atoms with Crippen molar-refractivity contribution in [1.29, 1.82) is 0 Å². The lowest BCUT2D eigenvalue weighted by Gasteiger charge is -2.17. The van der Waals surface area contributed by atoms with Crippen molar-refractivity contribution in [2.45, 2.75) is 45.8 Å². The fourth-order valence-electron chi connectivity index (χ4n) is 3.64. The maximum atomic E-state index is 11.9. The van der Waals surface area contributed by atoms with E-state index in [4.69, 9.17) is 4.74 Å². The van der Waals surface area contributed by atoms with E-state index in [1.165, 1.54) is 11.1 Å². The number of aryl methyl sites for hydroxylation is 3. The molecule has 140 valence electrons. The van der Waals surface area contributed by atoms with Crippen LogP contribution in [0.4, 0.5) is 0 Å². The molecule has 0 bridgehead atoms. The van der Waals surface area contributed by atoms with Crippen molar-refractivity contribution in [3.8, 4) is 5.75 Å². The summed E-state index contributed by atoms with van der Waals surface area (Å²) in [5, 5.41) is 10.4. The third-order valence-electron chi connectivity index (χ3n) is 5.31. The number of hydrogen-bond acceptors (Lipinski definition) is 4. The summed E-state index contributed by atoms with van der Waals surface area (Å²) < 4.78 is 7.74. The summed E-state index contributed by atoms with van der Waals surface area (Å²) in [6, 6.07) is 9.75. The van der Waals surface area contributed by atoms with Gasteiger partial charge in [-0.15, -0.1) is 0 Å². The van der Waals surface area contributed by atoms with Crippen LogP contribution < -0.4 is 4.74 Å². The van der Waals surface area contributed by atoms with Gasteiger partial charge in [-0.3, -0.25) is 4.79 Å².